The molecule has 0 radical (unpaired) electrons. The lowest BCUT2D eigenvalue weighted by Gasteiger charge is -2.31. The van der Waals surface area contributed by atoms with Gasteiger partial charge in [0.05, 0.1) is 43.9 Å². The van der Waals surface area contributed by atoms with Gasteiger partial charge in [0.25, 0.3) is 0 Å². The van der Waals surface area contributed by atoms with E-state index in [0.29, 0.717) is 26.3 Å². The summed E-state index contributed by atoms with van der Waals surface area (Å²) in [6.45, 7) is 5.60. The highest BCUT2D eigenvalue weighted by molar-refractivity contribution is 5.73. The molecule has 2 saturated heterocycles. The van der Waals surface area contributed by atoms with Crippen LogP contribution in [-0.4, -0.2) is 87.6 Å². The minimum absolute atomic E-state index is 0.0874. The number of benzene rings is 1. The number of nitrogens with zero attached hydrogens (tertiary/aromatic N) is 4. The van der Waals surface area contributed by atoms with Gasteiger partial charge in [-0.3, -0.25) is 4.79 Å². The van der Waals surface area contributed by atoms with E-state index in [9.17, 15) is 18.0 Å². The van der Waals surface area contributed by atoms with Crippen LogP contribution in [0.15, 0.2) is 36.7 Å². The average Bonchev–Trinajstić information content (AvgIpc) is 3.42. The maximum Gasteiger partial charge on any atom is 0.490 e. The normalized spacial score (nSPS) is 22.4. The van der Waals surface area contributed by atoms with Crippen LogP contribution in [0.3, 0.4) is 0 Å². The van der Waals surface area contributed by atoms with Gasteiger partial charge in [-0.2, -0.15) is 13.2 Å². The quantitative estimate of drug-likeness (QED) is 0.639. The summed E-state index contributed by atoms with van der Waals surface area (Å²) in [6.07, 6.45) is 0.456. The molecule has 192 valence electrons. The van der Waals surface area contributed by atoms with E-state index in [1.54, 1.807) is 17.8 Å². The van der Waals surface area contributed by atoms with Crippen LogP contribution in [0.5, 0.6) is 0 Å². The monoisotopic (exact) mass is 499 g/mol. The van der Waals surface area contributed by atoms with Crippen molar-refractivity contribution in [2.24, 2.45) is 0 Å². The Morgan fingerprint density at radius 3 is 2.60 bits per heavy atom. The topological polar surface area (TPSA) is 119 Å². The summed E-state index contributed by atoms with van der Waals surface area (Å²) < 4.78 is 45.6. The molecule has 0 unspecified atom stereocenters. The summed E-state index contributed by atoms with van der Waals surface area (Å²) in [7, 11) is 0. The summed E-state index contributed by atoms with van der Waals surface area (Å²) in [6, 6.07) is 8.24. The predicted octanol–water partition coefficient (Wildman–Crippen LogP) is 1.79. The molecule has 1 amide bonds. The third-order valence-electron chi connectivity index (χ3n) is 5.70. The number of carboxylic acids is 1. The number of aliphatic carboxylic acids is 1. The van der Waals surface area contributed by atoms with Gasteiger partial charge in [0, 0.05) is 26.6 Å². The molecular formula is C22H28F3N5O5. The Morgan fingerprint density at radius 1 is 1.29 bits per heavy atom. The largest absolute Gasteiger partial charge is 0.490 e. The van der Waals surface area contributed by atoms with E-state index < -0.39 is 12.1 Å². The number of rotatable bonds is 5. The zero-order valence-electron chi connectivity index (χ0n) is 19.2. The molecular weight excluding hydrogens is 471 g/mol. The summed E-state index contributed by atoms with van der Waals surface area (Å²) in [5.41, 5.74) is 1.84. The molecule has 3 heterocycles. The van der Waals surface area contributed by atoms with E-state index in [0.717, 1.165) is 31.6 Å². The number of aromatic nitrogens is 3. The van der Waals surface area contributed by atoms with Gasteiger partial charge >= 0.3 is 12.1 Å². The predicted molar refractivity (Wildman–Crippen MR) is 117 cm³/mol. The molecule has 2 aliphatic heterocycles. The Balaban J connectivity index is 0.000000429. The number of nitrogens with one attached hydrogen (secondary N) is 1. The van der Waals surface area contributed by atoms with Crippen LogP contribution in [0.2, 0.25) is 0 Å². The van der Waals surface area contributed by atoms with Gasteiger partial charge < -0.3 is 24.8 Å². The lowest BCUT2D eigenvalue weighted by molar-refractivity contribution is -0.192. The van der Waals surface area contributed by atoms with Crippen molar-refractivity contribution >= 4 is 11.9 Å². The summed E-state index contributed by atoms with van der Waals surface area (Å²) >= 11 is 0. The molecule has 13 heteroatoms. The molecule has 1 spiro atoms. The molecule has 10 nitrogen and oxygen atoms in total. The molecule has 0 saturated carbocycles. The second-order valence-electron chi connectivity index (χ2n) is 8.40. The number of halogens is 3. The van der Waals surface area contributed by atoms with Gasteiger partial charge in [-0.1, -0.05) is 17.3 Å². The van der Waals surface area contributed by atoms with E-state index in [1.165, 1.54) is 5.56 Å². The van der Waals surface area contributed by atoms with Crippen molar-refractivity contribution in [3.8, 4) is 5.69 Å². The van der Waals surface area contributed by atoms with E-state index in [-0.39, 0.29) is 17.6 Å². The molecule has 2 N–H and O–H groups in total. The van der Waals surface area contributed by atoms with Crippen molar-refractivity contribution in [1.29, 1.82) is 0 Å². The van der Waals surface area contributed by atoms with Crippen molar-refractivity contribution in [2.45, 2.75) is 44.2 Å². The molecule has 2 fully saturated rings. The fourth-order valence-electron chi connectivity index (χ4n) is 3.93. The molecule has 0 aliphatic carbocycles. The Bertz CT molecular complexity index is 971. The number of hydrogen-bond acceptors (Lipinski definition) is 7. The highest BCUT2D eigenvalue weighted by Crippen LogP contribution is 2.33. The Labute approximate surface area is 200 Å². The maximum atomic E-state index is 11.8. The molecule has 1 aromatic carbocycles. The third kappa shape index (κ3) is 7.73. The first-order valence-electron chi connectivity index (χ1n) is 11.1. The molecule has 0 bridgehead atoms. The van der Waals surface area contributed by atoms with E-state index in [4.69, 9.17) is 19.4 Å². The molecule has 35 heavy (non-hydrogen) atoms. The number of carboxylic acid groups (broad SMARTS) is 1. The number of alkyl halides is 3. The van der Waals surface area contributed by atoms with Crippen molar-refractivity contribution in [1.82, 2.24) is 25.2 Å². The van der Waals surface area contributed by atoms with Crippen LogP contribution >= 0.6 is 0 Å². The van der Waals surface area contributed by atoms with Crippen LogP contribution in [0.25, 0.3) is 5.69 Å². The van der Waals surface area contributed by atoms with Crippen LogP contribution in [0.1, 0.15) is 25.3 Å². The standard InChI is InChI=1S/C20H27N5O3.C2HF3O2/c1-16(26)24-10-11-27-15-20(14-24)7-6-19(28-20)13-21-12-17-2-4-18(5-3-17)25-9-8-22-23-25;3-2(4,5)1(6)7/h2-5,8-9,19,21H,6-7,10-15H2,1H3;(H,6,7)/t19-,20+;/m1./s1. The average molecular weight is 499 g/mol. The van der Waals surface area contributed by atoms with E-state index in [1.807, 2.05) is 23.2 Å². The minimum atomic E-state index is -5.08. The first-order chi connectivity index (χ1) is 16.6. The number of carbonyl (C=O) groups excluding carboxylic acids is 1. The fraction of sp³-hybridized carbons (Fsp3) is 0.545. The van der Waals surface area contributed by atoms with Crippen molar-refractivity contribution < 1.29 is 37.3 Å². The van der Waals surface area contributed by atoms with Gasteiger partial charge in [0.1, 0.15) is 5.60 Å². The fourth-order valence-corrected chi connectivity index (χ4v) is 3.93. The van der Waals surface area contributed by atoms with Gasteiger partial charge in [-0.15, -0.1) is 5.10 Å². The summed E-state index contributed by atoms with van der Waals surface area (Å²) in [5.74, 6) is -2.67. The van der Waals surface area contributed by atoms with Crippen LogP contribution < -0.4 is 5.32 Å². The van der Waals surface area contributed by atoms with Crippen molar-refractivity contribution in [3.63, 3.8) is 0 Å². The van der Waals surface area contributed by atoms with Gasteiger partial charge in [0.15, 0.2) is 0 Å². The number of ether oxygens (including phenoxy) is 2. The first kappa shape index (κ1) is 26.6. The van der Waals surface area contributed by atoms with Crippen LogP contribution in [0.4, 0.5) is 13.2 Å². The van der Waals surface area contributed by atoms with Gasteiger partial charge in [-0.25, -0.2) is 9.48 Å². The van der Waals surface area contributed by atoms with Crippen molar-refractivity contribution in [2.75, 3.05) is 32.8 Å². The molecule has 2 aromatic rings. The van der Waals surface area contributed by atoms with Crippen LogP contribution in [0, 0.1) is 0 Å². The van der Waals surface area contributed by atoms with E-state index in [2.05, 4.69) is 27.8 Å². The lowest BCUT2D eigenvalue weighted by Crippen LogP contribution is -2.46. The molecule has 2 atom stereocenters. The Morgan fingerprint density at radius 2 is 2.00 bits per heavy atom. The maximum absolute atomic E-state index is 11.8. The smallest absolute Gasteiger partial charge is 0.475 e. The second kappa shape index (κ2) is 11.6. The molecule has 1 aromatic heterocycles. The van der Waals surface area contributed by atoms with Gasteiger partial charge in [0.2, 0.25) is 5.91 Å². The number of amides is 1. The number of carbonyl (C=O) groups is 2. The van der Waals surface area contributed by atoms with Crippen molar-refractivity contribution in [3.05, 3.63) is 42.2 Å². The SMILES string of the molecule is CC(=O)N1CCOC[C@]2(CC[C@H](CNCc3ccc(-n4ccnn4)cc3)O2)C1.O=C(O)C(F)(F)F. The summed E-state index contributed by atoms with van der Waals surface area (Å²) in [4.78, 5) is 22.5. The Hall–Kier alpha value is -3.03. The van der Waals surface area contributed by atoms with E-state index >= 15 is 0 Å². The zero-order valence-corrected chi connectivity index (χ0v) is 19.2. The van der Waals surface area contributed by atoms with Gasteiger partial charge in [-0.05, 0) is 30.5 Å². The Kier molecular flexibility index (Phi) is 8.81. The second-order valence-corrected chi connectivity index (χ2v) is 8.40. The van der Waals surface area contributed by atoms with Crippen LogP contribution in [-0.2, 0) is 25.6 Å². The number of hydrogen-bond donors (Lipinski definition) is 2. The highest BCUT2D eigenvalue weighted by Gasteiger charge is 2.43. The third-order valence-corrected chi connectivity index (χ3v) is 5.70. The molecule has 4 rings (SSSR count). The summed E-state index contributed by atoms with van der Waals surface area (Å²) in [5, 5.41) is 18.4. The lowest BCUT2D eigenvalue weighted by atomic mass is 10.00. The minimum Gasteiger partial charge on any atom is -0.475 e. The highest BCUT2D eigenvalue weighted by atomic mass is 19.4. The first-order valence-corrected chi connectivity index (χ1v) is 11.1. The molecule has 2 aliphatic rings. The zero-order chi connectivity index (χ0) is 25.5.